The summed E-state index contributed by atoms with van der Waals surface area (Å²) >= 11 is 0. The first-order chi connectivity index (χ1) is 9.11. The first kappa shape index (κ1) is 19.3. The Labute approximate surface area is 123 Å². The molecule has 0 saturated carbocycles. The smallest absolute Gasteiger partial charge is 0.306 e. The monoisotopic (exact) mass is 308 g/mol. The number of esters is 1. The Morgan fingerprint density at radius 3 is 2.10 bits per heavy atom. The molecule has 0 aromatic carbocycles. The number of carbonyl (C=O) groups excluding carboxylic acids is 1. The summed E-state index contributed by atoms with van der Waals surface area (Å²) in [4.78, 5) is 11.0. The molecule has 0 aliphatic rings. The number of nitrogens with one attached hydrogen (secondary N) is 1. The van der Waals surface area contributed by atoms with Gasteiger partial charge in [0.05, 0.1) is 13.5 Å². The number of ether oxygens (including phenoxy) is 1. The fourth-order valence-electron chi connectivity index (χ4n) is 2.02. The molecule has 0 radical (unpaired) electrons. The van der Waals surface area contributed by atoms with Crippen LogP contribution in [0.4, 0.5) is 0 Å². The standard InChI is InChI=1S/C13H28N2O4S/c1-10(2)12(11(3)4)9-14-20(17,18)15(5)8-7-13(16)19-6/h10-12,14H,7-9H2,1-6H3. The van der Waals surface area contributed by atoms with Gasteiger partial charge in [-0.15, -0.1) is 0 Å². The van der Waals surface area contributed by atoms with E-state index in [1.165, 1.54) is 14.2 Å². The van der Waals surface area contributed by atoms with Gasteiger partial charge in [-0.05, 0) is 17.8 Å². The van der Waals surface area contributed by atoms with E-state index in [2.05, 4.69) is 37.2 Å². The summed E-state index contributed by atoms with van der Waals surface area (Å²) in [7, 11) is -0.819. The van der Waals surface area contributed by atoms with E-state index in [0.717, 1.165) is 4.31 Å². The zero-order chi connectivity index (χ0) is 15.9. The third kappa shape index (κ3) is 6.67. The molecule has 20 heavy (non-hydrogen) atoms. The van der Waals surface area contributed by atoms with Crippen molar-refractivity contribution in [3.8, 4) is 0 Å². The minimum atomic E-state index is -3.55. The van der Waals surface area contributed by atoms with Crippen LogP contribution < -0.4 is 4.72 Å². The molecular formula is C13H28N2O4S. The lowest BCUT2D eigenvalue weighted by Gasteiger charge is -2.26. The van der Waals surface area contributed by atoms with Crippen LogP contribution in [0.1, 0.15) is 34.1 Å². The van der Waals surface area contributed by atoms with Gasteiger partial charge >= 0.3 is 5.97 Å². The lowest BCUT2D eigenvalue weighted by Crippen LogP contribution is -2.42. The van der Waals surface area contributed by atoms with E-state index in [4.69, 9.17) is 0 Å². The van der Waals surface area contributed by atoms with Crippen molar-refractivity contribution in [2.24, 2.45) is 17.8 Å². The third-order valence-electron chi connectivity index (χ3n) is 3.48. The van der Waals surface area contributed by atoms with Crippen LogP contribution in [-0.4, -0.2) is 45.9 Å². The quantitative estimate of drug-likeness (QED) is 0.650. The number of hydrogen-bond acceptors (Lipinski definition) is 4. The SMILES string of the molecule is COC(=O)CCN(C)S(=O)(=O)NCC(C(C)C)C(C)C. The molecule has 0 heterocycles. The minimum Gasteiger partial charge on any atom is -0.469 e. The van der Waals surface area contributed by atoms with E-state index in [-0.39, 0.29) is 18.9 Å². The lowest BCUT2D eigenvalue weighted by atomic mass is 9.86. The average Bonchev–Trinajstić information content (AvgIpc) is 2.34. The van der Waals surface area contributed by atoms with Crippen LogP contribution in [0.2, 0.25) is 0 Å². The zero-order valence-electron chi connectivity index (χ0n) is 13.3. The van der Waals surface area contributed by atoms with Crippen LogP contribution in [-0.2, 0) is 19.7 Å². The van der Waals surface area contributed by atoms with E-state index in [0.29, 0.717) is 18.4 Å². The van der Waals surface area contributed by atoms with E-state index in [1.807, 2.05) is 0 Å². The molecule has 0 unspecified atom stereocenters. The summed E-state index contributed by atoms with van der Waals surface area (Å²) in [5.41, 5.74) is 0. The number of rotatable bonds is 9. The van der Waals surface area contributed by atoms with E-state index >= 15 is 0 Å². The van der Waals surface area contributed by atoms with Gasteiger partial charge in [-0.3, -0.25) is 4.79 Å². The molecule has 0 aromatic heterocycles. The van der Waals surface area contributed by atoms with Gasteiger partial charge in [0, 0.05) is 20.1 Å². The van der Waals surface area contributed by atoms with Crippen LogP contribution in [0.25, 0.3) is 0 Å². The first-order valence-corrected chi connectivity index (χ1v) is 8.33. The number of hydrogen-bond donors (Lipinski definition) is 1. The van der Waals surface area contributed by atoms with Crippen LogP contribution in [0.5, 0.6) is 0 Å². The van der Waals surface area contributed by atoms with Gasteiger partial charge in [0.2, 0.25) is 0 Å². The van der Waals surface area contributed by atoms with Crippen molar-refractivity contribution in [1.82, 2.24) is 9.03 Å². The molecule has 0 spiro atoms. The fraction of sp³-hybridized carbons (Fsp3) is 0.923. The van der Waals surface area contributed by atoms with Crippen molar-refractivity contribution in [3.63, 3.8) is 0 Å². The molecule has 6 nitrogen and oxygen atoms in total. The lowest BCUT2D eigenvalue weighted by molar-refractivity contribution is -0.140. The van der Waals surface area contributed by atoms with Crippen LogP contribution in [0.15, 0.2) is 0 Å². The highest BCUT2D eigenvalue weighted by molar-refractivity contribution is 7.87. The van der Waals surface area contributed by atoms with Crippen molar-refractivity contribution < 1.29 is 17.9 Å². The van der Waals surface area contributed by atoms with Crippen molar-refractivity contribution in [1.29, 1.82) is 0 Å². The predicted molar refractivity (Wildman–Crippen MR) is 79.4 cm³/mol. The second kappa shape index (κ2) is 8.59. The Hall–Kier alpha value is -0.660. The molecular weight excluding hydrogens is 280 g/mol. The Morgan fingerprint density at radius 1 is 1.20 bits per heavy atom. The van der Waals surface area contributed by atoms with Crippen molar-refractivity contribution in [3.05, 3.63) is 0 Å². The molecule has 0 fully saturated rings. The Balaban J connectivity index is 4.47. The third-order valence-corrected chi connectivity index (χ3v) is 5.02. The molecule has 0 aliphatic heterocycles. The summed E-state index contributed by atoms with van der Waals surface area (Å²) in [6, 6.07) is 0. The maximum absolute atomic E-state index is 12.0. The Kier molecular flexibility index (Phi) is 8.30. The Bertz CT molecular complexity index is 385. The van der Waals surface area contributed by atoms with Gasteiger partial charge in [0.25, 0.3) is 10.2 Å². The predicted octanol–water partition coefficient (Wildman–Crippen LogP) is 1.24. The highest BCUT2D eigenvalue weighted by Crippen LogP contribution is 2.19. The summed E-state index contributed by atoms with van der Waals surface area (Å²) in [5.74, 6) is 0.657. The molecule has 0 saturated heterocycles. The maximum atomic E-state index is 12.0. The molecule has 7 heteroatoms. The van der Waals surface area contributed by atoms with Gasteiger partial charge in [-0.2, -0.15) is 12.7 Å². The molecule has 0 aromatic rings. The molecule has 0 aliphatic carbocycles. The Morgan fingerprint density at radius 2 is 1.70 bits per heavy atom. The molecule has 120 valence electrons. The van der Waals surface area contributed by atoms with E-state index < -0.39 is 16.2 Å². The topological polar surface area (TPSA) is 75.7 Å². The van der Waals surface area contributed by atoms with Gasteiger partial charge in [-0.25, -0.2) is 4.72 Å². The van der Waals surface area contributed by atoms with E-state index in [9.17, 15) is 13.2 Å². The second-order valence-electron chi connectivity index (χ2n) is 5.65. The summed E-state index contributed by atoms with van der Waals surface area (Å²) in [5, 5.41) is 0. The van der Waals surface area contributed by atoms with Gasteiger partial charge in [0.1, 0.15) is 0 Å². The molecule has 1 N–H and O–H groups in total. The van der Waals surface area contributed by atoms with Crippen LogP contribution >= 0.6 is 0 Å². The highest BCUT2D eigenvalue weighted by atomic mass is 32.2. The summed E-state index contributed by atoms with van der Waals surface area (Å²) in [6.45, 7) is 8.84. The number of methoxy groups -OCH3 is 1. The molecule has 0 atom stereocenters. The van der Waals surface area contributed by atoms with Crippen LogP contribution in [0, 0.1) is 17.8 Å². The molecule has 0 bridgehead atoms. The maximum Gasteiger partial charge on any atom is 0.306 e. The van der Waals surface area contributed by atoms with Crippen molar-refractivity contribution in [2.75, 3.05) is 27.2 Å². The van der Waals surface area contributed by atoms with Gasteiger partial charge in [0.15, 0.2) is 0 Å². The van der Waals surface area contributed by atoms with Gasteiger partial charge in [-0.1, -0.05) is 27.7 Å². The molecule has 0 rings (SSSR count). The van der Waals surface area contributed by atoms with Crippen molar-refractivity contribution >= 4 is 16.2 Å². The van der Waals surface area contributed by atoms with E-state index in [1.54, 1.807) is 0 Å². The number of nitrogens with zero attached hydrogens (tertiary/aromatic N) is 1. The average molecular weight is 308 g/mol. The minimum absolute atomic E-state index is 0.0473. The van der Waals surface area contributed by atoms with Gasteiger partial charge < -0.3 is 4.74 Å². The van der Waals surface area contributed by atoms with Crippen LogP contribution in [0.3, 0.4) is 0 Å². The fourth-order valence-corrected chi connectivity index (χ4v) is 2.98. The summed E-state index contributed by atoms with van der Waals surface area (Å²) < 4.78 is 32.3. The summed E-state index contributed by atoms with van der Waals surface area (Å²) in [6.07, 6.45) is 0.0473. The number of carbonyl (C=O) groups is 1. The zero-order valence-corrected chi connectivity index (χ0v) is 14.2. The second-order valence-corrected chi connectivity index (χ2v) is 7.52. The largest absolute Gasteiger partial charge is 0.469 e. The molecule has 0 amide bonds. The normalized spacial score (nSPS) is 12.7. The highest BCUT2D eigenvalue weighted by Gasteiger charge is 2.23. The first-order valence-electron chi connectivity index (χ1n) is 6.89. The van der Waals surface area contributed by atoms with Crippen molar-refractivity contribution in [2.45, 2.75) is 34.1 Å².